The zero-order valence-corrected chi connectivity index (χ0v) is 18.7. The third-order valence-corrected chi connectivity index (χ3v) is 7.92. The molecule has 2 aliphatic carbocycles. The van der Waals surface area contributed by atoms with Gasteiger partial charge in [-0.25, -0.2) is 0 Å². The van der Waals surface area contributed by atoms with Gasteiger partial charge in [0, 0.05) is 0 Å². The molecular weight excluding hydrogens is 368 g/mol. The van der Waals surface area contributed by atoms with Gasteiger partial charge in [0.1, 0.15) is 0 Å². The Bertz CT molecular complexity index is 610. The molecule has 2 aliphatic rings. The summed E-state index contributed by atoms with van der Waals surface area (Å²) in [6.45, 7) is 13.8. The zero-order chi connectivity index (χ0) is 21.8. The van der Waals surface area contributed by atoms with Crippen LogP contribution in [0.3, 0.4) is 0 Å². The second-order valence-electron chi connectivity index (χ2n) is 10.3. The molecule has 2 N–H and O–H groups in total. The van der Waals surface area contributed by atoms with Gasteiger partial charge in [-0.15, -0.1) is 0 Å². The third-order valence-electron chi connectivity index (χ3n) is 7.92. The van der Waals surface area contributed by atoms with Crippen LogP contribution in [-0.2, 0) is 14.3 Å². The van der Waals surface area contributed by atoms with Crippen LogP contribution >= 0.6 is 0 Å². The summed E-state index contributed by atoms with van der Waals surface area (Å²) in [4.78, 5) is 22.1. The van der Waals surface area contributed by atoms with Gasteiger partial charge in [0.05, 0.1) is 25.6 Å². The molecule has 0 aliphatic heterocycles. The Labute approximate surface area is 175 Å². The molecule has 0 aromatic heterocycles. The molecule has 0 radical (unpaired) electrons. The summed E-state index contributed by atoms with van der Waals surface area (Å²) in [5.74, 6) is 0.0152. The van der Waals surface area contributed by atoms with Crippen molar-refractivity contribution in [2.45, 2.75) is 91.6 Å². The molecule has 0 amide bonds. The highest BCUT2D eigenvalue weighted by Crippen LogP contribution is 2.61. The van der Waals surface area contributed by atoms with Gasteiger partial charge < -0.3 is 14.9 Å². The summed E-state index contributed by atoms with van der Waals surface area (Å²) in [5, 5.41) is 19.2. The number of esters is 1. The first-order chi connectivity index (χ1) is 13.5. The number of hydrogen-bond acceptors (Lipinski definition) is 4. The molecular formula is C24H40O5. The number of fused-ring (bicyclic) bond motifs is 1. The van der Waals surface area contributed by atoms with Gasteiger partial charge in [-0.2, -0.15) is 0 Å². The van der Waals surface area contributed by atoms with Crippen molar-refractivity contribution in [3.05, 3.63) is 12.2 Å². The molecule has 166 valence electrons. The molecule has 0 saturated heterocycles. The van der Waals surface area contributed by atoms with Crippen molar-refractivity contribution in [2.24, 2.45) is 28.6 Å². The van der Waals surface area contributed by atoms with Crippen molar-refractivity contribution in [3.8, 4) is 0 Å². The van der Waals surface area contributed by atoms with Crippen LogP contribution in [0.4, 0.5) is 0 Å². The Hall–Kier alpha value is -1.36. The summed E-state index contributed by atoms with van der Waals surface area (Å²) in [7, 11) is 0. The van der Waals surface area contributed by atoms with Crippen molar-refractivity contribution in [1.29, 1.82) is 0 Å². The van der Waals surface area contributed by atoms with E-state index in [2.05, 4.69) is 34.3 Å². The predicted octanol–water partition coefficient (Wildman–Crippen LogP) is 4.97. The first-order valence-electron chi connectivity index (χ1n) is 11.2. The average molecular weight is 409 g/mol. The quantitative estimate of drug-likeness (QED) is 0.416. The lowest BCUT2D eigenvalue weighted by Gasteiger charge is -2.59. The summed E-state index contributed by atoms with van der Waals surface area (Å²) in [6, 6.07) is 0. The van der Waals surface area contributed by atoms with Crippen LogP contribution in [0.15, 0.2) is 12.2 Å². The van der Waals surface area contributed by atoms with Crippen LogP contribution in [0, 0.1) is 28.6 Å². The Balaban J connectivity index is 1.86. The van der Waals surface area contributed by atoms with Crippen molar-refractivity contribution >= 4 is 11.9 Å². The van der Waals surface area contributed by atoms with E-state index < -0.39 is 11.9 Å². The Morgan fingerprint density at radius 1 is 1.21 bits per heavy atom. The Morgan fingerprint density at radius 2 is 1.90 bits per heavy atom. The van der Waals surface area contributed by atoms with Gasteiger partial charge in [0.15, 0.2) is 0 Å². The van der Waals surface area contributed by atoms with Crippen molar-refractivity contribution in [1.82, 2.24) is 0 Å². The number of carboxylic acid groups (broad SMARTS) is 1. The van der Waals surface area contributed by atoms with Crippen molar-refractivity contribution < 1.29 is 24.5 Å². The molecule has 2 fully saturated rings. The maximum Gasteiger partial charge on any atom is 0.306 e. The average Bonchev–Trinajstić information content (AvgIpc) is 2.63. The largest absolute Gasteiger partial charge is 0.481 e. The lowest BCUT2D eigenvalue weighted by atomic mass is 9.46. The second kappa shape index (κ2) is 9.63. The maximum absolute atomic E-state index is 11.5. The molecule has 0 spiro atoms. The van der Waals surface area contributed by atoms with Crippen molar-refractivity contribution in [2.75, 3.05) is 6.61 Å². The van der Waals surface area contributed by atoms with Crippen LogP contribution in [-0.4, -0.2) is 34.9 Å². The summed E-state index contributed by atoms with van der Waals surface area (Å²) in [5.41, 5.74) is 1.51. The van der Waals surface area contributed by atoms with Gasteiger partial charge in [-0.05, 0) is 73.5 Å². The molecule has 0 aromatic rings. The number of rotatable bonds is 9. The van der Waals surface area contributed by atoms with E-state index in [0.717, 1.165) is 44.9 Å². The van der Waals surface area contributed by atoms with Crippen LogP contribution in [0.25, 0.3) is 0 Å². The molecule has 0 bridgehead atoms. The van der Waals surface area contributed by atoms with Crippen LogP contribution in [0.2, 0.25) is 0 Å². The van der Waals surface area contributed by atoms with Crippen molar-refractivity contribution in [3.63, 3.8) is 0 Å². The third kappa shape index (κ3) is 5.62. The van der Waals surface area contributed by atoms with Gasteiger partial charge in [0.2, 0.25) is 0 Å². The van der Waals surface area contributed by atoms with Crippen LogP contribution in [0.5, 0.6) is 0 Å². The summed E-state index contributed by atoms with van der Waals surface area (Å²) >= 11 is 0. The molecule has 0 aromatic carbocycles. The topological polar surface area (TPSA) is 83.8 Å². The second-order valence-corrected chi connectivity index (χ2v) is 10.3. The van der Waals surface area contributed by atoms with E-state index in [1.54, 1.807) is 0 Å². The lowest BCUT2D eigenvalue weighted by molar-refractivity contribution is -0.148. The van der Waals surface area contributed by atoms with Gasteiger partial charge in [-0.3, -0.25) is 9.59 Å². The first kappa shape index (κ1) is 23.9. The van der Waals surface area contributed by atoms with E-state index >= 15 is 0 Å². The molecule has 2 saturated carbocycles. The van der Waals surface area contributed by atoms with Crippen LogP contribution in [0.1, 0.15) is 85.5 Å². The highest BCUT2D eigenvalue weighted by molar-refractivity contribution is 5.76. The number of aliphatic hydroxyl groups is 1. The normalized spacial score (nSPS) is 32.3. The molecule has 0 unspecified atom stereocenters. The number of hydrogen-bond donors (Lipinski definition) is 2. The molecule has 5 atom stereocenters. The number of allylic oxidation sites excluding steroid dienone is 1. The fourth-order valence-corrected chi connectivity index (χ4v) is 5.95. The highest BCUT2D eigenvalue weighted by Gasteiger charge is 2.55. The molecule has 5 heteroatoms. The predicted molar refractivity (Wildman–Crippen MR) is 113 cm³/mol. The lowest BCUT2D eigenvalue weighted by Crippen LogP contribution is -2.54. The molecule has 29 heavy (non-hydrogen) atoms. The van der Waals surface area contributed by atoms with E-state index in [9.17, 15) is 14.7 Å². The smallest absolute Gasteiger partial charge is 0.306 e. The van der Waals surface area contributed by atoms with Gasteiger partial charge in [0.25, 0.3) is 0 Å². The van der Waals surface area contributed by atoms with E-state index in [-0.39, 0.29) is 29.8 Å². The number of aliphatic hydroxyl groups excluding tert-OH is 1. The summed E-state index contributed by atoms with van der Waals surface area (Å²) in [6.07, 6.45) is 6.58. The molecule has 0 heterocycles. The monoisotopic (exact) mass is 408 g/mol. The zero-order valence-electron chi connectivity index (χ0n) is 18.7. The van der Waals surface area contributed by atoms with E-state index in [0.29, 0.717) is 24.4 Å². The Morgan fingerprint density at radius 3 is 2.55 bits per heavy atom. The van der Waals surface area contributed by atoms with E-state index in [4.69, 9.17) is 9.84 Å². The number of carbonyl (C=O) groups excluding carboxylic acids is 1. The minimum atomic E-state index is -0.978. The molecule has 5 nitrogen and oxygen atoms in total. The fourth-order valence-electron chi connectivity index (χ4n) is 5.95. The molecule has 2 rings (SSSR count). The van der Waals surface area contributed by atoms with E-state index in [1.165, 1.54) is 5.57 Å². The van der Waals surface area contributed by atoms with Gasteiger partial charge in [-0.1, -0.05) is 39.8 Å². The minimum absolute atomic E-state index is 0.0538. The first-order valence-corrected chi connectivity index (χ1v) is 11.2. The minimum Gasteiger partial charge on any atom is -0.481 e. The number of carbonyl (C=O) groups is 2. The Kier molecular flexibility index (Phi) is 7.94. The van der Waals surface area contributed by atoms with E-state index in [1.807, 2.05) is 0 Å². The van der Waals surface area contributed by atoms with Gasteiger partial charge >= 0.3 is 11.9 Å². The fraction of sp³-hybridized carbons (Fsp3) is 0.833. The number of ether oxygens (including phenoxy) is 1. The maximum atomic E-state index is 11.5. The number of aliphatic carboxylic acids is 1. The summed E-state index contributed by atoms with van der Waals surface area (Å²) < 4.78 is 5.17. The standard InChI is InChI=1S/C24H40O5/c1-16(13-15-29-22(28)11-10-21(26)27)6-8-18-17(2)7-9-19-23(3,4)20(25)12-14-24(18,19)5/h16,18-20,25H,2,6-15H2,1,3-5H3,(H,26,27)/t16-,18-,19+,20+,24-/m1/s1. The highest BCUT2D eigenvalue weighted by atomic mass is 16.5. The SMILES string of the molecule is C=C1CC[C@H]2C(C)(C)[C@@H](O)CC[C@]2(C)[C@@H]1CC[C@@H](C)CCOC(=O)CCC(=O)O. The van der Waals surface area contributed by atoms with Crippen LogP contribution < -0.4 is 0 Å². The number of carboxylic acids is 1.